The Morgan fingerprint density at radius 3 is 3.08 bits per heavy atom. The molecule has 0 aromatic heterocycles. The van der Waals surface area contributed by atoms with Crippen molar-refractivity contribution in [3.05, 3.63) is 0 Å². The summed E-state index contributed by atoms with van der Waals surface area (Å²) in [5, 5.41) is 8.20. The minimum absolute atomic E-state index is 0.0971. The lowest BCUT2D eigenvalue weighted by molar-refractivity contribution is -0.144. The second-order valence-electron chi connectivity index (χ2n) is 3.51. The fourth-order valence-electron chi connectivity index (χ4n) is 1.53. The molecule has 0 saturated heterocycles. The zero-order chi connectivity index (χ0) is 9.68. The smallest absolute Gasteiger partial charge is 0.310 e. The third-order valence-corrected chi connectivity index (χ3v) is 2.43. The van der Waals surface area contributed by atoms with Gasteiger partial charge in [0, 0.05) is 0 Å². The standard InChI is InChI=1S/C10H15NO2/c1-2-3-4-8-7-9(8)10(12)13-6-5-11/h8-9H,2-4,6-7H2,1H3/t8-,9+/m0/s1. The predicted octanol–water partition coefficient (Wildman–Crippen LogP) is 1.88. The van der Waals surface area contributed by atoms with E-state index in [0.29, 0.717) is 5.92 Å². The van der Waals surface area contributed by atoms with E-state index >= 15 is 0 Å². The molecule has 2 atom stereocenters. The molecule has 1 aliphatic carbocycles. The minimum Gasteiger partial charge on any atom is -0.450 e. The summed E-state index contributed by atoms with van der Waals surface area (Å²) in [5.74, 6) is 0.452. The zero-order valence-corrected chi connectivity index (χ0v) is 7.95. The van der Waals surface area contributed by atoms with Crippen LogP contribution in [0.5, 0.6) is 0 Å². The van der Waals surface area contributed by atoms with Crippen molar-refractivity contribution in [1.82, 2.24) is 0 Å². The van der Waals surface area contributed by atoms with Crippen molar-refractivity contribution < 1.29 is 9.53 Å². The molecule has 0 bridgehead atoms. The van der Waals surface area contributed by atoms with E-state index in [0.717, 1.165) is 12.8 Å². The monoisotopic (exact) mass is 181 g/mol. The molecule has 13 heavy (non-hydrogen) atoms. The molecule has 1 fully saturated rings. The molecule has 3 heteroatoms. The molecule has 1 saturated carbocycles. The Morgan fingerprint density at radius 2 is 2.46 bits per heavy atom. The molecule has 0 heterocycles. The van der Waals surface area contributed by atoms with E-state index in [2.05, 4.69) is 6.92 Å². The number of nitriles is 1. The number of unbranched alkanes of at least 4 members (excludes halogenated alkanes) is 1. The van der Waals surface area contributed by atoms with Crippen LogP contribution in [0.25, 0.3) is 0 Å². The van der Waals surface area contributed by atoms with Crippen LogP contribution in [-0.4, -0.2) is 12.6 Å². The van der Waals surface area contributed by atoms with Crippen LogP contribution < -0.4 is 0 Å². The van der Waals surface area contributed by atoms with Crippen LogP contribution >= 0.6 is 0 Å². The molecule has 0 amide bonds. The maximum Gasteiger partial charge on any atom is 0.310 e. The first-order chi connectivity index (χ1) is 6.29. The lowest BCUT2D eigenvalue weighted by Crippen LogP contribution is -2.08. The quantitative estimate of drug-likeness (QED) is 0.608. The number of nitrogens with zero attached hydrogens (tertiary/aromatic N) is 1. The van der Waals surface area contributed by atoms with Gasteiger partial charge in [-0.3, -0.25) is 4.79 Å². The van der Waals surface area contributed by atoms with Gasteiger partial charge in [0.15, 0.2) is 6.61 Å². The summed E-state index contributed by atoms with van der Waals surface area (Å²) in [7, 11) is 0. The second-order valence-corrected chi connectivity index (χ2v) is 3.51. The summed E-state index contributed by atoms with van der Waals surface area (Å²) in [6.45, 7) is 2.04. The number of hydrogen-bond acceptors (Lipinski definition) is 3. The molecule has 3 nitrogen and oxygen atoms in total. The summed E-state index contributed by atoms with van der Waals surface area (Å²) >= 11 is 0. The number of rotatable bonds is 5. The van der Waals surface area contributed by atoms with Crippen molar-refractivity contribution in [2.24, 2.45) is 11.8 Å². The highest BCUT2D eigenvalue weighted by molar-refractivity contribution is 5.75. The Balaban J connectivity index is 2.11. The van der Waals surface area contributed by atoms with Crippen LogP contribution in [0, 0.1) is 23.2 Å². The maximum atomic E-state index is 11.2. The van der Waals surface area contributed by atoms with Gasteiger partial charge in [-0.1, -0.05) is 19.8 Å². The van der Waals surface area contributed by atoms with Crippen LogP contribution in [0.1, 0.15) is 32.6 Å². The molecule has 0 aliphatic heterocycles. The molecule has 72 valence electrons. The van der Waals surface area contributed by atoms with Crippen LogP contribution in [-0.2, 0) is 9.53 Å². The molecular formula is C10H15NO2. The number of esters is 1. The zero-order valence-electron chi connectivity index (χ0n) is 7.95. The third-order valence-electron chi connectivity index (χ3n) is 2.43. The van der Waals surface area contributed by atoms with Crippen LogP contribution in [0.4, 0.5) is 0 Å². The van der Waals surface area contributed by atoms with Gasteiger partial charge in [0.05, 0.1) is 5.92 Å². The SMILES string of the molecule is CCCC[C@H]1C[C@H]1C(=O)OCC#N. The van der Waals surface area contributed by atoms with Gasteiger partial charge in [-0.05, 0) is 18.8 Å². The van der Waals surface area contributed by atoms with Crippen molar-refractivity contribution in [2.75, 3.05) is 6.61 Å². The molecule has 0 unspecified atom stereocenters. The lowest BCUT2D eigenvalue weighted by atomic mass is 10.1. The first-order valence-corrected chi connectivity index (χ1v) is 4.83. The van der Waals surface area contributed by atoms with Gasteiger partial charge in [0.2, 0.25) is 0 Å². The molecular weight excluding hydrogens is 166 g/mol. The molecule has 0 radical (unpaired) electrons. The van der Waals surface area contributed by atoms with Crippen LogP contribution in [0.15, 0.2) is 0 Å². The van der Waals surface area contributed by atoms with Crippen LogP contribution in [0.2, 0.25) is 0 Å². The maximum absolute atomic E-state index is 11.2. The number of ether oxygens (including phenoxy) is 1. The van der Waals surface area contributed by atoms with E-state index in [1.165, 1.54) is 12.8 Å². The van der Waals surface area contributed by atoms with Gasteiger partial charge in [0.25, 0.3) is 0 Å². The van der Waals surface area contributed by atoms with Gasteiger partial charge in [0.1, 0.15) is 6.07 Å². The minimum atomic E-state index is -0.178. The Bertz CT molecular complexity index is 219. The first-order valence-electron chi connectivity index (χ1n) is 4.83. The van der Waals surface area contributed by atoms with Gasteiger partial charge in [-0.25, -0.2) is 0 Å². The van der Waals surface area contributed by atoms with Gasteiger partial charge < -0.3 is 4.74 Å². The van der Waals surface area contributed by atoms with Gasteiger partial charge >= 0.3 is 5.97 Å². The Hall–Kier alpha value is -1.04. The average Bonchev–Trinajstić information content (AvgIpc) is 2.90. The van der Waals surface area contributed by atoms with Crippen molar-refractivity contribution in [2.45, 2.75) is 32.6 Å². The summed E-state index contributed by atoms with van der Waals surface area (Å²) in [6, 6.07) is 1.80. The highest BCUT2D eigenvalue weighted by atomic mass is 16.5. The number of hydrogen-bond donors (Lipinski definition) is 0. The lowest BCUT2D eigenvalue weighted by Gasteiger charge is -1.98. The Kier molecular flexibility index (Phi) is 3.75. The van der Waals surface area contributed by atoms with Crippen molar-refractivity contribution >= 4 is 5.97 Å². The first kappa shape index (κ1) is 10.0. The summed E-state index contributed by atoms with van der Waals surface area (Å²) < 4.78 is 4.73. The fourth-order valence-corrected chi connectivity index (χ4v) is 1.53. The molecule has 0 aromatic rings. The molecule has 1 rings (SSSR count). The predicted molar refractivity (Wildman–Crippen MR) is 47.7 cm³/mol. The largest absolute Gasteiger partial charge is 0.450 e. The number of carbonyl (C=O) groups is 1. The van der Waals surface area contributed by atoms with Crippen molar-refractivity contribution in [1.29, 1.82) is 5.26 Å². The van der Waals surface area contributed by atoms with Gasteiger partial charge in [-0.2, -0.15) is 5.26 Å². The van der Waals surface area contributed by atoms with E-state index in [1.54, 1.807) is 6.07 Å². The third kappa shape index (κ3) is 3.06. The molecule has 0 spiro atoms. The normalized spacial score (nSPS) is 24.9. The van der Waals surface area contributed by atoms with E-state index in [-0.39, 0.29) is 18.5 Å². The van der Waals surface area contributed by atoms with E-state index in [9.17, 15) is 4.79 Å². The summed E-state index contributed by atoms with van der Waals surface area (Å²) in [5.41, 5.74) is 0. The second kappa shape index (κ2) is 4.86. The summed E-state index contributed by atoms with van der Waals surface area (Å²) in [4.78, 5) is 11.2. The van der Waals surface area contributed by atoms with Gasteiger partial charge in [-0.15, -0.1) is 0 Å². The topological polar surface area (TPSA) is 50.1 Å². The molecule has 0 N–H and O–H groups in total. The highest BCUT2D eigenvalue weighted by Gasteiger charge is 2.43. The van der Waals surface area contributed by atoms with Crippen LogP contribution in [0.3, 0.4) is 0 Å². The van der Waals surface area contributed by atoms with E-state index in [4.69, 9.17) is 10.00 Å². The molecule has 1 aliphatic rings. The molecule has 0 aromatic carbocycles. The Morgan fingerprint density at radius 1 is 1.69 bits per heavy atom. The fraction of sp³-hybridized carbons (Fsp3) is 0.800. The van der Waals surface area contributed by atoms with Crippen molar-refractivity contribution in [3.63, 3.8) is 0 Å². The Labute approximate surface area is 78.7 Å². The van der Waals surface area contributed by atoms with Crippen molar-refractivity contribution in [3.8, 4) is 6.07 Å². The van der Waals surface area contributed by atoms with E-state index in [1.807, 2.05) is 0 Å². The summed E-state index contributed by atoms with van der Waals surface area (Å²) in [6.07, 6.45) is 4.45. The highest BCUT2D eigenvalue weighted by Crippen LogP contribution is 2.43. The average molecular weight is 181 g/mol. The van der Waals surface area contributed by atoms with E-state index < -0.39 is 0 Å². The number of carbonyl (C=O) groups excluding carboxylic acids is 1.